The monoisotopic (exact) mass is 567 g/mol. The maximum Gasteiger partial charge on any atom is 0.471 e. The number of aliphatic imine (C=N–C) groups is 1. The van der Waals surface area contributed by atoms with Crippen LogP contribution in [0.5, 0.6) is 0 Å². The van der Waals surface area contributed by atoms with E-state index >= 15 is 0 Å². The van der Waals surface area contributed by atoms with Gasteiger partial charge in [0.1, 0.15) is 12.1 Å². The summed E-state index contributed by atoms with van der Waals surface area (Å²) < 4.78 is 66.0. The van der Waals surface area contributed by atoms with Crippen molar-refractivity contribution in [1.29, 1.82) is 0 Å². The Bertz CT molecular complexity index is 977. The van der Waals surface area contributed by atoms with Gasteiger partial charge in [-0.25, -0.2) is 8.78 Å². The van der Waals surface area contributed by atoms with Gasteiger partial charge in [-0.05, 0) is 44.9 Å². The highest BCUT2D eigenvalue weighted by molar-refractivity contribution is 5.94. The number of hydrogen-bond donors (Lipinski definition) is 4. The molecule has 4 amide bonds. The minimum Gasteiger partial charge on any atom is -0.351 e. The highest BCUT2D eigenvalue weighted by atomic mass is 19.4. The van der Waals surface area contributed by atoms with Gasteiger partial charge in [0, 0.05) is 37.1 Å². The molecule has 1 aliphatic heterocycles. The number of carbonyl (C=O) groups excluding carboxylic acids is 4. The van der Waals surface area contributed by atoms with Crippen molar-refractivity contribution in [2.75, 3.05) is 7.05 Å². The molecule has 222 valence electrons. The van der Waals surface area contributed by atoms with Crippen molar-refractivity contribution in [2.45, 2.75) is 102 Å². The number of nitrogens with zero attached hydrogens (tertiary/aromatic N) is 1. The molecule has 0 spiro atoms. The van der Waals surface area contributed by atoms with Gasteiger partial charge in [0.25, 0.3) is 5.92 Å². The summed E-state index contributed by atoms with van der Waals surface area (Å²) >= 11 is 0. The van der Waals surface area contributed by atoms with Crippen molar-refractivity contribution >= 4 is 29.8 Å². The summed E-state index contributed by atoms with van der Waals surface area (Å²) in [5.74, 6) is -9.23. The molecule has 2 rings (SSSR count). The van der Waals surface area contributed by atoms with Crippen LogP contribution in [-0.4, -0.2) is 72.7 Å². The molecule has 9 nitrogen and oxygen atoms in total. The SMILES string of the molecule is CN=C[C@H](C[C@@H]1CCC(C)(C)NC1=O)NC(=O)[C@H](CC1CC1(F)F)NC(=O)[C@@H](NC(=O)C(F)(F)F)C(C)(C)C. The summed E-state index contributed by atoms with van der Waals surface area (Å²) in [4.78, 5) is 54.2. The number of nitrogens with one attached hydrogen (secondary N) is 4. The molecule has 4 N–H and O–H groups in total. The van der Waals surface area contributed by atoms with Crippen LogP contribution in [0.3, 0.4) is 0 Å². The molecule has 0 radical (unpaired) electrons. The Kier molecular flexibility index (Phi) is 9.76. The van der Waals surface area contributed by atoms with Crippen LogP contribution in [-0.2, 0) is 19.2 Å². The van der Waals surface area contributed by atoms with Gasteiger partial charge in [0.2, 0.25) is 17.7 Å². The number of hydrogen-bond acceptors (Lipinski definition) is 5. The number of piperidine rings is 1. The van der Waals surface area contributed by atoms with E-state index in [1.165, 1.54) is 34.0 Å². The normalized spacial score (nSPS) is 24.7. The largest absolute Gasteiger partial charge is 0.471 e. The lowest BCUT2D eigenvalue weighted by molar-refractivity contribution is -0.175. The van der Waals surface area contributed by atoms with Crippen LogP contribution in [0.2, 0.25) is 0 Å². The number of carbonyl (C=O) groups is 4. The third-order valence-corrected chi connectivity index (χ3v) is 6.92. The Morgan fingerprint density at radius 2 is 1.67 bits per heavy atom. The fourth-order valence-corrected chi connectivity index (χ4v) is 4.50. The molecular formula is C25H38F5N5O4. The van der Waals surface area contributed by atoms with Crippen LogP contribution in [0, 0.1) is 17.3 Å². The average molecular weight is 568 g/mol. The first-order chi connectivity index (χ1) is 17.7. The second-order valence-electron chi connectivity index (χ2n) is 12.1. The van der Waals surface area contributed by atoms with Gasteiger partial charge in [-0.3, -0.25) is 24.2 Å². The first kappa shape index (κ1) is 32.4. The van der Waals surface area contributed by atoms with Crippen molar-refractivity contribution in [1.82, 2.24) is 21.3 Å². The maximum absolute atomic E-state index is 13.7. The molecule has 0 aromatic rings. The summed E-state index contributed by atoms with van der Waals surface area (Å²) in [6.45, 7) is 7.99. The highest BCUT2D eigenvalue weighted by Gasteiger charge is 2.58. The minimum absolute atomic E-state index is 0.164. The van der Waals surface area contributed by atoms with Crippen molar-refractivity contribution in [3.05, 3.63) is 0 Å². The Morgan fingerprint density at radius 1 is 1.08 bits per heavy atom. The second kappa shape index (κ2) is 11.7. The standard InChI is InChI=1S/C25H38F5N5O4/c1-22(2,3)17(34-21(39)25(28,29)30)20(38)33-16(10-14-11-24(14,26)27)19(37)32-15(12-31-6)9-13-7-8-23(4,5)35-18(13)36/h12-17H,7-11H2,1-6H3,(H,32,37)(H,33,38)(H,34,39)(H,35,36)/t13-,14?,15-,16-,17+/m0/s1. The third-order valence-electron chi connectivity index (χ3n) is 6.92. The van der Waals surface area contributed by atoms with Gasteiger partial charge in [0.15, 0.2) is 0 Å². The smallest absolute Gasteiger partial charge is 0.351 e. The molecular weight excluding hydrogens is 529 g/mol. The van der Waals surface area contributed by atoms with Crippen LogP contribution >= 0.6 is 0 Å². The van der Waals surface area contributed by atoms with Crippen molar-refractivity contribution in [3.8, 4) is 0 Å². The molecule has 14 heteroatoms. The molecule has 5 atom stereocenters. The van der Waals surface area contributed by atoms with Gasteiger partial charge in [-0.2, -0.15) is 13.2 Å². The predicted octanol–water partition coefficient (Wildman–Crippen LogP) is 2.49. The van der Waals surface area contributed by atoms with E-state index in [0.29, 0.717) is 12.8 Å². The summed E-state index contributed by atoms with van der Waals surface area (Å²) in [6.07, 6.45) is -3.44. The fourth-order valence-electron chi connectivity index (χ4n) is 4.50. The quantitative estimate of drug-likeness (QED) is 0.239. The third kappa shape index (κ3) is 9.41. The lowest BCUT2D eigenvalue weighted by Gasteiger charge is -2.36. The molecule has 0 aromatic heterocycles. The summed E-state index contributed by atoms with van der Waals surface area (Å²) in [7, 11) is 1.45. The topological polar surface area (TPSA) is 129 Å². The molecule has 1 unspecified atom stereocenters. The van der Waals surface area contributed by atoms with Gasteiger partial charge < -0.3 is 21.3 Å². The highest BCUT2D eigenvalue weighted by Crippen LogP contribution is 2.51. The van der Waals surface area contributed by atoms with E-state index in [1.807, 2.05) is 13.8 Å². The van der Waals surface area contributed by atoms with E-state index < -0.39 is 78.0 Å². The zero-order valence-corrected chi connectivity index (χ0v) is 23.0. The van der Waals surface area contributed by atoms with Crippen LogP contribution in [0.15, 0.2) is 4.99 Å². The number of halogens is 5. The van der Waals surface area contributed by atoms with E-state index in [2.05, 4.69) is 20.9 Å². The average Bonchev–Trinajstić information content (AvgIpc) is 3.36. The first-order valence-corrected chi connectivity index (χ1v) is 12.8. The van der Waals surface area contributed by atoms with Gasteiger partial charge >= 0.3 is 12.1 Å². The summed E-state index contributed by atoms with van der Waals surface area (Å²) in [5.41, 5.74) is -1.59. The fraction of sp³-hybridized carbons (Fsp3) is 0.800. The second-order valence-corrected chi connectivity index (χ2v) is 12.1. The van der Waals surface area contributed by atoms with E-state index in [0.717, 1.165) is 0 Å². The van der Waals surface area contributed by atoms with Crippen molar-refractivity contribution < 1.29 is 41.1 Å². The van der Waals surface area contributed by atoms with E-state index in [-0.39, 0.29) is 17.9 Å². The lowest BCUT2D eigenvalue weighted by Crippen LogP contribution is -2.60. The van der Waals surface area contributed by atoms with Gasteiger partial charge in [-0.15, -0.1) is 0 Å². The van der Waals surface area contributed by atoms with Crippen molar-refractivity contribution in [2.24, 2.45) is 22.2 Å². The Balaban J connectivity index is 2.20. The molecule has 1 heterocycles. The lowest BCUT2D eigenvalue weighted by atomic mass is 9.83. The van der Waals surface area contributed by atoms with E-state index in [9.17, 15) is 41.1 Å². The zero-order chi connectivity index (χ0) is 30.0. The van der Waals surface area contributed by atoms with Crippen LogP contribution in [0.1, 0.15) is 66.7 Å². The Morgan fingerprint density at radius 3 is 2.13 bits per heavy atom. The van der Waals surface area contributed by atoms with E-state index in [1.54, 1.807) is 5.32 Å². The van der Waals surface area contributed by atoms with Gasteiger partial charge in [-0.1, -0.05) is 20.8 Å². The number of rotatable bonds is 10. The minimum atomic E-state index is -5.26. The summed E-state index contributed by atoms with van der Waals surface area (Å²) in [5, 5.41) is 9.42. The molecule has 1 aliphatic carbocycles. The Hall–Kier alpha value is -2.80. The van der Waals surface area contributed by atoms with Crippen LogP contribution < -0.4 is 21.3 Å². The first-order valence-electron chi connectivity index (χ1n) is 12.8. The zero-order valence-electron chi connectivity index (χ0n) is 23.0. The maximum atomic E-state index is 13.7. The van der Waals surface area contributed by atoms with Crippen LogP contribution in [0.4, 0.5) is 22.0 Å². The van der Waals surface area contributed by atoms with Crippen molar-refractivity contribution in [3.63, 3.8) is 0 Å². The molecule has 2 aliphatic rings. The number of alkyl halides is 5. The predicted molar refractivity (Wildman–Crippen MR) is 133 cm³/mol. The molecule has 39 heavy (non-hydrogen) atoms. The molecule has 0 bridgehead atoms. The van der Waals surface area contributed by atoms with Crippen LogP contribution in [0.25, 0.3) is 0 Å². The van der Waals surface area contributed by atoms with Gasteiger partial charge in [0.05, 0.1) is 6.04 Å². The molecule has 0 aromatic carbocycles. The summed E-state index contributed by atoms with van der Waals surface area (Å²) in [6, 6.07) is -4.03. The number of amides is 4. The van der Waals surface area contributed by atoms with E-state index in [4.69, 9.17) is 0 Å². The molecule has 1 saturated carbocycles. The Labute approximate surface area is 224 Å². The molecule has 1 saturated heterocycles. The molecule has 2 fully saturated rings.